The van der Waals surface area contributed by atoms with Gasteiger partial charge < -0.3 is 9.67 Å². The average molecular weight is 234 g/mol. The largest absolute Gasteiger partial charge is 0.480 e. The number of halogens is 1. The molecule has 0 radical (unpaired) electrons. The van der Waals surface area contributed by atoms with Crippen LogP contribution in [-0.4, -0.2) is 20.6 Å². The normalized spacial score (nSPS) is 15.4. The highest BCUT2D eigenvalue weighted by Gasteiger charge is 2.30. The van der Waals surface area contributed by atoms with E-state index in [4.69, 9.17) is 5.11 Å². The summed E-state index contributed by atoms with van der Waals surface area (Å²) in [6.07, 6.45) is 2.07. The van der Waals surface area contributed by atoms with Crippen LogP contribution in [0.4, 0.5) is 4.39 Å². The monoisotopic (exact) mass is 234 g/mol. The first-order chi connectivity index (χ1) is 8.15. The zero-order chi connectivity index (χ0) is 12.0. The number of nitrogens with zero attached hydrogens (tertiary/aromatic N) is 2. The molecule has 0 bridgehead atoms. The van der Waals surface area contributed by atoms with E-state index < -0.39 is 5.97 Å². The fourth-order valence-electron chi connectivity index (χ4n) is 2.07. The number of hydrogen-bond donors (Lipinski definition) is 1. The molecular weight excluding hydrogens is 223 g/mol. The quantitative estimate of drug-likeness (QED) is 0.885. The Hall–Kier alpha value is -1.91. The van der Waals surface area contributed by atoms with E-state index in [-0.39, 0.29) is 12.4 Å². The van der Waals surface area contributed by atoms with Gasteiger partial charge in [-0.1, -0.05) is 0 Å². The Morgan fingerprint density at radius 3 is 2.94 bits per heavy atom. The average Bonchev–Trinajstić information content (AvgIpc) is 3.04. The minimum atomic E-state index is -0.935. The van der Waals surface area contributed by atoms with E-state index in [1.165, 1.54) is 12.1 Å². The lowest BCUT2D eigenvalue weighted by molar-refractivity contribution is -0.137. The van der Waals surface area contributed by atoms with Crippen molar-refractivity contribution in [1.82, 2.24) is 9.55 Å². The molecule has 2 aromatic rings. The molecule has 0 amide bonds. The van der Waals surface area contributed by atoms with E-state index in [0.717, 1.165) is 18.7 Å². The fraction of sp³-hybridized carbons (Fsp3) is 0.333. The Morgan fingerprint density at radius 1 is 1.53 bits per heavy atom. The second-order valence-corrected chi connectivity index (χ2v) is 4.36. The van der Waals surface area contributed by atoms with Crippen LogP contribution in [0.3, 0.4) is 0 Å². The van der Waals surface area contributed by atoms with Crippen molar-refractivity contribution in [3.63, 3.8) is 0 Å². The molecule has 1 heterocycles. The number of imidazole rings is 1. The summed E-state index contributed by atoms with van der Waals surface area (Å²) in [7, 11) is 0. The standard InChI is InChI=1S/C12H11FN2O2/c13-8-3-4-9-10(5-8)15(6-11(16)17)12(14-9)7-1-2-7/h3-5,7H,1-2,6H2,(H,16,17). The van der Waals surface area contributed by atoms with Gasteiger partial charge in [-0.3, -0.25) is 4.79 Å². The molecule has 3 rings (SSSR count). The maximum Gasteiger partial charge on any atom is 0.323 e. The second kappa shape index (κ2) is 3.55. The van der Waals surface area contributed by atoms with Crippen molar-refractivity contribution in [2.45, 2.75) is 25.3 Å². The van der Waals surface area contributed by atoms with E-state index in [9.17, 15) is 9.18 Å². The van der Waals surface area contributed by atoms with Crippen LogP contribution in [0.25, 0.3) is 11.0 Å². The lowest BCUT2D eigenvalue weighted by Gasteiger charge is -2.04. The summed E-state index contributed by atoms with van der Waals surface area (Å²) in [5.74, 6) is -0.195. The van der Waals surface area contributed by atoms with Gasteiger partial charge in [0.25, 0.3) is 0 Å². The molecule has 1 N–H and O–H groups in total. The van der Waals surface area contributed by atoms with Crippen LogP contribution in [0.15, 0.2) is 18.2 Å². The van der Waals surface area contributed by atoms with Gasteiger partial charge in [-0.05, 0) is 31.0 Å². The zero-order valence-corrected chi connectivity index (χ0v) is 9.06. The molecule has 1 fully saturated rings. The summed E-state index contributed by atoms with van der Waals surface area (Å²) < 4.78 is 14.8. The van der Waals surface area contributed by atoms with Crippen molar-refractivity contribution >= 4 is 17.0 Å². The number of aromatic nitrogens is 2. The van der Waals surface area contributed by atoms with Gasteiger partial charge in [0.2, 0.25) is 0 Å². The van der Waals surface area contributed by atoms with Crippen LogP contribution in [0, 0.1) is 5.82 Å². The first-order valence-electron chi connectivity index (χ1n) is 5.52. The van der Waals surface area contributed by atoms with Crippen molar-refractivity contribution in [2.75, 3.05) is 0 Å². The molecule has 5 heteroatoms. The Morgan fingerprint density at radius 2 is 2.29 bits per heavy atom. The minimum Gasteiger partial charge on any atom is -0.480 e. The first-order valence-corrected chi connectivity index (χ1v) is 5.52. The number of rotatable bonds is 3. The van der Waals surface area contributed by atoms with E-state index in [1.54, 1.807) is 10.6 Å². The third kappa shape index (κ3) is 1.77. The van der Waals surface area contributed by atoms with Gasteiger partial charge in [0, 0.05) is 5.92 Å². The smallest absolute Gasteiger partial charge is 0.323 e. The SMILES string of the molecule is O=C(O)Cn1c(C2CC2)nc2ccc(F)cc21. The summed E-state index contributed by atoms with van der Waals surface area (Å²) in [4.78, 5) is 15.2. The summed E-state index contributed by atoms with van der Waals surface area (Å²) in [6.45, 7) is -0.161. The molecule has 0 aliphatic heterocycles. The summed E-state index contributed by atoms with van der Waals surface area (Å²) in [5, 5.41) is 8.90. The topological polar surface area (TPSA) is 55.1 Å². The van der Waals surface area contributed by atoms with Gasteiger partial charge in [-0.25, -0.2) is 9.37 Å². The maximum atomic E-state index is 13.2. The molecule has 1 aliphatic rings. The van der Waals surface area contributed by atoms with E-state index >= 15 is 0 Å². The summed E-state index contributed by atoms with van der Waals surface area (Å²) in [6, 6.07) is 4.28. The molecule has 0 spiro atoms. The van der Waals surface area contributed by atoms with Gasteiger partial charge in [-0.2, -0.15) is 0 Å². The van der Waals surface area contributed by atoms with Crippen molar-refractivity contribution < 1.29 is 14.3 Å². The predicted octanol–water partition coefficient (Wildman–Crippen LogP) is 2.14. The van der Waals surface area contributed by atoms with E-state index in [1.807, 2.05) is 0 Å². The van der Waals surface area contributed by atoms with E-state index in [0.29, 0.717) is 17.0 Å². The zero-order valence-electron chi connectivity index (χ0n) is 9.06. The second-order valence-electron chi connectivity index (χ2n) is 4.36. The van der Waals surface area contributed by atoms with Gasteiger partial charge in [0.05, 0.1) is 11.0 Å². The van der Waals surface area contributed by atoms with Crippen molar-refractivity contribution in [1.29, 1.82) is 0 Å². The predicted molar refractivity (Wildman–Crippen MR) is 59.3 cm³/mol. The molecule has 17 heavy (non-hydrogen) atoms. The van der Waals surface area contributed by atoms with Crippen LogP contribution >= 0.6 is 0 Å². The third-order valence-corrected chi connectivity index (χ3v) is 2.98. The van der Waals surface area contributed by atoms with Crippen molar-refractivity contribution in [3.8, 4) is 0 Å². The Labute approximate surface area is 96.7 Å². The maximum absolute atomic E-state index is 13.2. The van der Waals surface area contributed by atoms with Crippen LogP contribution in [0.5, 0.6) is 0 Å². The Kier molecular flexibility index (Phi) is 2.14. The highest BCUT2D eigenvalue weighted by Crippen LogP contribution is 2.40. The van der Waals surface area contributed by atoms with E-state index in [2.05, 4.69) is 4.98 Å². The van der Waals surface area contributed by atoms with Gasteiger partial charge in [0.15, 0.2) is 0 Å². The number of aliphatic carboxylic acids is 1. The molecular formula is C12H11FN2O2. The molecule has 1 aromatic carbocycles. The number of fused-ring (bicyclic) bond motifs is 1. The third-order valence-electron chi connectivity index (χ3n) is 2.98. The number of carboxylic acids is 1. The van der Waals surface area contributed by atoms with Gasteiger partial charge >= 0.3 is 5.97 Å². The number of benzene rings is 1. The molecule has 0 atom stereocenters. The molecule has 0 saturated heterocycles. The molecule has 88 valence electrons. The Balaban J connectivity index is 2.20. The molecule has 1 aliphatic carbocycles. The Bertz CT molecular complexity index is 602. The molecule has 1 aromatic heterocycles. The van der Waals surface area contributed by atoms with Crippen molar-refractivity contribution in [2.24, 2.45) is 0 Å². The van der Waals surface area contributed by atoms with Crippen LogP contribution in [-0.2, 0) is 11.3 Å². The lowest BCUT2D eigenvalue weighted by Crippen LogP contribution is -2.11. The number of carbonyl (C=O) groups is 1. The van der Waals surface area contributed by atoms with Crippen LogP contribution in [0.1, 0.15) is 24.6 Å². The van der Waals surface area contributed by atoms with Gasteiger partial charge in [-0.15, -0.1) is 0 Å². The summed E-state index contributed by atoms with van der Waals surface area (Å²) in [5.41, 5.74) is 1.23. The van der Waals surface area contributed by atoms with Crippen LogP contribution < -0.4 is 0 Å². The minimum absolute atomic E-state index is 0.161. The molecule has 0 unspecified atom stereocenters. The summed E-state index contributed by atoms with van der Waals surface area (Å²) >= 11 is 0. The highest BCUT2D eigenvalue weighted by molar-refractivity contribution is 5.78. The van der Waals surface area contributed by atoms with Gasteiger partial charge in [0.1, 0.15) is 18.2 Å². The molecule has 4 nitrogen and oxygen atoms in total. The first kappa shape index (κ1) is 10.3. The number of hydrogen-bond acceptors (Lipinski definition) is 2. The fourth-order valence-corrected chi connectivity index (χ4v) is 2.07. The molecule has 1 saturated carbocycles. The van der Waals surface area contributed by atoms with Crippen molar-refractivity contribution in [3.05, 3.63) is 29.8 Å². The number of carboxylic acid groups (broad SMARTS) is 1. The highest BCUT2D eigenvalue weighted by atomic mass is 19.1. The van der Waals surface area contributed by atoms with Crippen LogP contribution in [0.2, 0.25) is 0 Å². The lowest BCUT2D eigenvalue weighted by atomic mass is 10.3.